The fraction of sp³-hybridized carbons (Fsp3) is 0.531. The fourth-order valence-corrected chi connectivity index (χ4v) is 9.81. The third kappa shape index (κ3) is 5.45. The van der Waals surface area contributed by atoms with Gasteiger partial charge in [-0.15, -0.1) is 11.8 Å². The molecule has 1 amide bonds. The van der Waals surface area contributed by atoms with Gasteiger partial charge in [-0.05, 0) is 38.4 Å². The van der Waals surface area contributed by atoms with Gasteiger partial charge in [-0.25, -0.2) is 9.59 Å². The molecule has 5 heterocycles. The molecule has 13 nitrogen and oxygen atoms in total. The number of ether oxygens (including phenoxy) is 5. The van der Waals surface area contributed by atoms with Crippen molar-refractivity contribution in [1.29, 1.82) is 5.26 Å². The number of amides is 1. The summed E-state index contributed by atoms with van der Waals surface area (Å²) in [6, 6.07) is 0.514. The van der Waals surface area contributed by atoms with Gasteiger partial charge in [0.05, 0.1) is 30.5 Å². The van der Waals surface area contributed by atoms with E-state index in [0.717, 1.165) is 11.1 Å². The van der Waals surface area contributed by atoms with Gasteiger partial charge in [0.25, 0.3) is 0 Å². The molecule has 262 valence electrons. The first-order valence-electron chi connectivity index (χ1n) is 15.5. The van der Waals surface area contributed by atoms with Crippen LogP contribution in [0.25, 0.3) is 0 Å². The molecule has 3 N–H and O–H groups in total. The Balaban J connectivity index is 1.41. The Hall–Kier alpha value is -3.19. The number of piperazine rings is 1. The number of methoxy groups -OCH3 is 1. The maximum absolute atomic E-state index is 13.6. The van der Waals surface area contributed by atoms with Crippen molar-refractivity contribution in [2.24, 2.45) is 0 Å². The van der Waals surface area contributed by atoms with Gasteiger partial charge in [0.2, 0.25) is 10.6 Å². The number of aromatic hydroxyl groups is 2. The zero-order chi connectivity index (χ0) is 35.1. The quantitative estimate of drug-likeness (QED) is 0.297. The number of thioether (sulfide) groups is 1. The van der Waals surface area contributed by atoms with Crippen LogP contribution in [0.15, 0.2) is 6.07 Å². The van der Waals surface area contributed by atoms with Crippen molar-refractivity contribution in [3.8, 4) is 34.8 Å². The Morgan fingerprint density at radius 3 is 2.59 bits per heavy atom. The van der Waals surface area contributed by atoms with Crippen molar-refractivity contribution in [2.45, 2.75) is 65.6 Å². The number of benzene rings is 2. The van der Waals surface area contributed by atoms with Crippen LogP contribution in [0.5, 0.6) is 28.7 Å². The van der Waals surface area contributed by atoms with Crippen LogP contribution in [0, 0.1) is 25.2 Å². The summed E-state index contributed by atoms with van der Waals surface area (Å²) in [5.41, 5.74) is 3.92. The molecule has 2 aromatic carbocycles. The maximum Gasteiger partial charge on any atom is 0.408 e. The van der Waals surface area contributed by atoms with Crippen molar-refractivity contribution in [1.82, 2.24) is 15.1 Å². The maximum atomic E-state index is 13.6. The molecule has 0 spiro atoms. The van der Waals surface area contributed by atoms with Gasteiger partial charge >= 0.3 is 12.1 Å². The van der Waals surface area contributed by atoms with Gasteiger partial charge in [0.1, 0.15) is 31.0 Å². The van der Waals surface area contributed by atoms with Gasteiger partial charge in [-0.2, -0.15) is 5.26 Å². The van der Waals surface area contributed by atoms with Crippen LogP contribution < -0.4 is 19.5 Å². The summed E-state index contributed by atoms with van der Waals surface area (Å²) in [7, 11) is 3.43. The highest BCUT2D eigenvalue weighted by molar-refractivity contribution is 7.99. The summed E-state index contributed by atoms with van der Waals surface area (Å²) in [5.74, 6) is 0.388. The van der Waals surface area contributed by atoms with E-state index >= 15 is 0 Å². The smallest absolute Gasteiger partial charge is 0.408 e. The zero-order valence-corrected chi connectivity index (χ0v) is 29.9. The highest BCUT2D eigenvalue weighted by atomic mass is 35.6. The third-order valence-corrected chi connectivity index (χ3v) is 11.8. The van der Waals surface area contributed by atoms with E-state index in [4.69, 9.17) is 58.5 Å². The SMILES string of the molecule is COc1c(C)cc2c(c1O)[C@H]1C3[C@@H]4SCC(NC(=O)OCC(Cl)(Cl)Cl)C(=O)OC[C@@H](c5c6c(c(C)c(O)c54)OCO6)N3[C@@H](C#N)[C@H](C2)N1C. The first kappa shape index (κ1) is 34.3. The Kier molecular flexibility index (Phi) is 8.77. The number of nitriles is 1. The van der Waals surface area contributed by atoms with E-state index in [0.29, 0.717) is 45.9 Å². The standard InChI is InChI=1S/C32H33Cl3N4O9S/c1-12-5-14-6-16-17(7-36)39-18-8-45-30(42)15(37-31(43)46-10-32(33,34)35)9-49-29(21-20(18)28-27(47-11-48-28)13(2)24(21)40)23(39)22(38(16)3)19(14)25(41)26(12)44-4/h5,15-18,22-23,29,40-41H,6,8-11H2,1-4H3,(H,37,43)/t15?,16-,17-,18-,22-,23?,29+/m0/s1. The molecule has 0 saturated carbocycles. The molecule has 2 aromatic rings. The second-order valence-electron chi connectivity index (χ2n) is 12.7. The zero-order valence-electron chi connectivity index (χ0n) is 26.8. The van der Waals surface area contributed by atoms with E-state index in [2.05, 4.69) is 21.2 Å². The van der Waals surface area contributed by atoms with E-state index in [1.165, 1.54) is 18.9 Å². The highest BCUT2D eigenvalue weighted by Gasteiger charge is 2.60. The molecule has 2 unspecified atom stereocenters. The number of carbonyl (C=O) groups excluding carboxylic acids is 2. The first-order valence-corrected chi connectivity index (χ1v) is 17.7. The van der Waals surface area contributed by atoms with Crippen molar-refractivity contribution in [2.75, 3.05) is 39.9 Å². The average molecular weight is 756 g/mol. The Labute approximate surface area is 301 Å². The minimum absolute atomic E-state index is 0.00936. The van der Waals surface area contributed by atoms with Crippen molar-refractivity contribution in [3.63, 3.8) is 0 Å². The normalized spacial score (nSPS) is 28.8. The molecule has 2 fully saturated rings. The lowest BCUT2D eigenvalue weighted by Gasteiger charge is -2.61. The number of phenols is 2. The van der Waals surface area contributed by atoms with Crippen molar-refractivity contribution >= 4 is 58.6 Å². The summed E-state index contributed by atoms with van der Waals surface area (Å²) in [4.78, 5) is 30.4. The van der Waals surface area contributed by atoms with E-state index < -0.39 is 57.9 Å². The van der Waals surface area contributed by atoms with Crippen molar-refractivity contribution in [3.05, 3.63) is 39.4 Å². The van der Waals surface area contributed by atoms with Crippen LogP contribution in [0.4, 0.5) is 4.79 Å². The number of carbonyl (C=O) groups is 2. The van der Waals surface area contributed by atoms with E-state index in [1.807, 2.05) is 20.0 Å². The molecule has 5 aliphatic rings. The summed E-state index contributed by atoms with van der Waals surface area (Å²) in [6.45, 7) is 2.72. The summed E-state index contributed by atoms with van der Waals surface area (Å²) in [6.07, 6.45) is -0.517. The summed E-state index contributed by atoms with van der Waals surface area (Å²) >= 11 is 18.5. The van der Waals surface area contributed by atoms with Crippen LogP contribution in [-0.4, -0.2) is 100.0 Å². The molecule has 7 atom stereocenters. The molecular weight excluding hydrogens is 723 g/mol. The molecular formula is C32H33Cl3N4O9S. The number of halogens is 3. The number of aryl methyl sites for hydroxylation is 1. The van der Waals surface area contributed by atoms with E-state index in [9.17, 15) is 25.1 Å². The number of hydrogen-bond acceptors (Lipinski definition) is 13. The number of phenolic OH excluding ortho intramolecular Hbond substituents is 2. The van der Waals surface area contributed by atoms with Gasteiger partial charge in [0.15, 0.2) is 23.0 Å². The monoisotopic (exact) mass is 754 g/mol. The second kappa shape index (κ2) is 12.5. The highest BCUT2D eigenvalue weighted by Crippen LogP contribution is 2.63. The number of nitrogens with one attached hydrogen (secondary N) is 1. The Morgan fingerprint density at radius 1 is 1.16 bits per heavy atom. The molecule has 0 aromatic heterocycles. The third-order valence-electron chi connectivity index (χ3n) is 10.1. The number of likely N-dealkylation sites (N-methyl/N-ethyl adjacent to an activating group) is 1. The van der Waals surface area contributed by atoms with Crippen LogP contribution in [0.2, 0.25) is 0 Å². The summed E-state index contributed by atoms with van der Waals surface area (Å²) < 4.78 is 26.5. The number of alkyl halides is 3. The molecule has 17 heteroatoms. The van der Waals surface area contributed by atoms with Crippen LogP contribution in [0.1, 0.15) is 50.7 Å². The first-order chi connectivity index (χ1) is 23.3. The van der Waals surface area contributed by atoms with Gasteiger partial charge in [-0.1, -0.05) is 40.9 Å². The number of cyclic esters (lactones) is 1. The van der Waals surface area contributed by atoms with Crippen molar-refractivity contribution < 1.29 is 43.5 Å². The van der Waals surface area contributed by atoms with Gasteiger partial charge in [-0.3, -0.25) is 9.80 Å². The van der Waals surface area contributed by atoms with E-state index in [-0.39, 0.29) is 36.7 Å². The predicted octanol–water partition coefficient (Wildman–Crippen LogP) is 4.48. The molecule has 0 radical (unpaired) electrons. The largest absolute Gasteiger partial charge is 0.507 e. The number of esters is 1. The average Bonchev–Trinajstić information content (AvgIpc) is 3.54. The van der Waals surface area contributed by atoms with Crippen LogP contribution in [-0.2, 0) is 20.7 Å². The second-order valence-corrected chi connectivity index (χ2v) is 16.4. The topological polar surface area (TPSA) is 163 Å². The lowest BCUT2D eigenvalue weighted by atomic mass is 9.71. The molecule has 7 rings (SSSR count). The lowest BCUT2D eigenvalue weighted by Crippen LogP contribution is -2.69. The Morgan fingerprint density at radius 2 is 1.90 bits per heavy atom. The number of alkyl carbamates (subject to hydrolysis) is 1. The van der Waals surface area contributed by atoms with Gasteiger partial charge < -0.3 is 39.2 Å². The van der Waals surface area contributed by atoms with Gasteiger partial charge in [0, 0.05) is 40.1 Å². The fourth-order valence-electron chi connectivity index (χ4n) is 8.14. The minimum Gasteiger partial charge on any atom is -0.507 e. The number of fused-ring (bicyclic) bond motifs is 9. The molecule has 0 aliphatic carbocycles. The van der Waals surface area contributed by atoms with E-state index in [1.54, 1.807) is 6.92 Å². The molecule has 5 aliphatic heterocycles. The lowest BCUT2D eigenvalue weighted by molar-refractivity contribution is -0.151. The minimum atomic E-state index is -1.86. The van der Waals surface area contributed by atoms with Crippen LogP contribution >= 0.6 is 46.6 Å². The molecule has 4 bridgehead atoms. The number of nitrogens with zero attached hydrogens (tertiary/aromatic N) is 3. The number of rotatable bonds is 3. The molecule has 49 heavy (non-hydrogen) atoms. The molecule has 2 saturated heterocycles. The van der Waals surface area contributed by atoms with Crippen LogP contribution in [0.3, 0.4) is 0 Å². The predicted molar refractivity (Wildman–Crippen MR) is 179 cm³/mol. The summed E-state index contributed by atoms with van der Waals surface area (Å²) in [5, 5.41) is 36.5. The Bertz CT molecular complexity index is 1790. The number of hydrogen-bond donors (Lipinski definition) is 3.